The Hall–Kier alpha value is -0.870. The number of aromatic nitrogens is 2. The van der Waals surface area contributed by atoms with E-state index in [-0.39, 0.29) is 0 Å². The van der Waals surface area contributed by atoms with Crippen molar-refractivity contribution in [1.29, 1.82) is 0 Å². The second-order valence-electron chi connectivity index (χ2n) is 5.95. The number of piperidine rings is 1. The summed E-state index contributed by atoms with van der Waals surface area (Å²) in [4.78, 5) is 2.61. The van der Waals surface area contributed by atoms with Gasteiger partial charge < -0.3 is 5.32 Å². The lowest BCUT2D eigenvalue weighted by molar-refractivity contribution is 0.302. The SMILES string of the molecule is CCc1cc(CN2C[C@@H]3CCCN[C@@H]3C2)n(CC)n1. The third kappa shape index (κ3) is 2.70. The number of hydrogen-bond acceptors (Lipinski definition) is 3. The molecule has 0 radical (unpaired) electrons. The molecule has 4 nitrogen and oxygen atoms in total. The number of rotatable bonds is 4. The predicted octanol–water partition coefficient (Wildman–Crippen LogP) is 1.65. The van der Waals surface area contributed by atoms with Crippen LogP contribution >= 0.6 is 0 Å². The number of fused-ring (bicyclic) bond motifs is 1. The number of hydrogen-bond donors (Lipinski definition) is 1. The quantitative estimate of drug-likeness (QED) is 0.895. The van der Waals surface area contributed by atoms with Crippen LogP contribution in [-0.4, -0.2) is 40.4 Å². The van der Waals surface area contributed by atoms with E-state index >= 15 is 0 Å². The summed E-state index contributed by atoms with van der Waals surface area (Å²) >= 11 is 0. The minimum atomic E-state index is 0.734. The van der Waals surface area contributed by atoms with E-state index in [1.807, 2.05) is 0 Å². The maximum Gasteiger partial charge on any atom is 0.0625 e. The van der Waals surface area contributed by atoms with Crippen molar-refractivity contribution in [2.45, 2.75) is 52.2 Å². The van der Waals surface area contributed by atoms with Crippen molar-refractivity contribution >= 4 is 0 Å². The van der Waals surface area contributed by atoms with E-state index in [1.165, 1.54) is 43.9 Å². The van der Waals surface area contributed by atoms with Crippen molar-refractivity contribution in [3.8, 4) is 0 Å². The molecule has 3 rings (SSSR count). The number of nitrogens with one attached hydrogen (secondary N) is 1. The molecule has 0 aliphatic carbocycles. The second kappa shape index (κ2) is 5.63. The van der Waals surface area contributed by atoms with Crippen molar-refractivity contribution in [3.63, 3.8) is 0 Å². The molecule has 0 aromatic carbocycles. The molecule has 1 aromatic heterocycles. The van der Waals surface area contributed by atoms with Gasteiger partial charge in [0, 0.05) is 32.2 Å². The number of likely N-dealkylation sites (tertiary alicyclic amines) is 1. The molecule has 2 fully saturated rings. The molecule has 4 heteroatoms. The van der Waals surface area contributed by atoms with Gasteiger partial charge in [0.05, 0.1) is 11.4 Å². The third-order valence-corrected chi connectivity index (χ3v) is 4.64. The van der Waals surface area contributed by atoms with Gasteiger partial charge in [0.15, 0.2) is 0 Å². The highest BCUT2D eigenvalue weighted by atomic mass is 15.3. The second-order valence-corrected chi connectivity index (χ2v) is 5.95. The molecule has 2 saturated heterocycles. The van der Waals surface area contributed by atoms with E-state index in [0.29, 0.717) is 0 Å². The van der Waals surface area contributed by atoms with Gasteiger partial charge >= 0.3 is 0 Å². The molecule has 0 bridgehead atoms. The van der Waals surface area contributed by atoms with Crippen LogP contribution in [0.15, 0.2) is 6.07 Å². The zero-order valence-corrected chi connectivity index (χ0v) is 12.2. The molecule has 0 unspecified atom stereocenters. The predicted molar refractivity (Wildman–Crippen MR) is 77.1 cm³/mol. The van der Waals surface area contributed by atoms with Crippen molar-refractivity contribution in [2.75, 3.05) is 19.6 Å². The average molecular weight is 262 g/mol. The zero-order valence-electron chi connectivity index (χ0n) is 12.2. The van der Waals surface area contributed by atoms with Gasteiger partial charge in [-0.1, -0.05) is 6.92 Å². The first-order valence-corrected chi connectivity index (χ1v) is 7.81. The minimum absolute atomic E-state index is 0.734. The fourth-order valence-electron chi connectivity index (χ4n) is 3.58. The molecule has 19 heavy (non-hydrogen) atoms. The lowest BCUT2D eigenvalue weighted by Crippen LogP contribution is -2.40. The summed E-state index contributed by atoms with van der Waals surface area (Å²) < 4.78 is 2.17. The van der Waals surface area contributed by atoms with Crippen LogP contribution in [0.3, 0.4) is 0 Å². The standard InChI is InChI=1S/C15H26N4/c1-3-13-8-14(19(4-2)17-13)10-18-9-12-6-5-7-16-15(12)11-18/h8,12,15-16H,3-7,9-11H2,1-2H3/t12-,15+/m0/s1. The van der Waals surface area contributed by atoms with Crippen molar-refractivity contribution in [1.82, 2.24) is 20.0 Å². The van der Waals surface area contributed by atoms with Crippen LogP contribution in [0.2, 0.25) is 0 Å². The van der Waals surface area contributed by atoms with Gasteiger partial charge in [-0.3, -0.25) is 9.58 Å². The molecule has 1 N–H and O–H groups in total. The Kier molecular flexibility index (Phi) is 3.89. The summed E-state index contributed by atoms with van der Waals surface area (Å²) in [5, 5.41) is 8.33. The monoisotopic (exact) mass is 262 g/mol. The first-order chi connectivity index (χ1) is 9.30. The lowest BCUT2D eigenvalue weighted by Gasteiger charge is -2.24. The Morgan fingerprint density at radius 2 is 2.26 bits per heavy atom. The molecule has 2 aliphatic heterocycles. The molecule has 3 heterocycles. The molecule has 106 valence electrons. The van der Waals surface area contributed by atoms with Crippen molar-refractivity contribution < 1.29 is 0 Å². The smallest absolute Gasteiger partial charge is 0.0625 e. The number of nitrogens with zero attached hydrogens (tertiary/aromatic N) is 3. The Labute approximate surface area is 116 Å². The van der Waals surface area contributed by atoms with E-state index in [4.69, 9.17) is 0 Å². The largest absolute Gasteiger partial charge is 0.312 e. The van der Waals surface area contributed by atoms with Crippen LogP contribution in [0.5, 0.6) is 0 Å². The van der Waals surface area contributed by atoms with Gasteiger partial charge in [0.2, 0.25) is 0 Å². The maximum absolute atomic E-state index is 4.65. The van der Waals surface area contributed by atoms with E-state index < -0.39 is 0 Å². The molecule has 0 saturated carbocycles. The Morgan fingerprint density at radius 1 is 1.37 bits per heavy atom. The molecule has 2 atom stereocenters. The lowest BCUT2D eigenvalue weighted by atomic mass is 9.94. The van der Waals surface area contributed by atoms with Gasteiger partial charge in [-0.2, -0.15) is 5.10 Å². The van der Waals surface area contributed by atoms with Gasteiger partial charge in [0.1, 0.15) is 0 Å². The Morgan fingerprint density at radius 3 is 3.00 bits per heavy atom. The Balaban J connectivity index is 1.66. The number of aryl methyl sites for hydroxylation is 2. The fourth-order valence-corrected chi connectivity index (χ4v) is 3.58. The highest BCUT2D eigenvalue weighted by Gasteiger charge is 2.34. The minimum Gasteiger partial charge on any atom is -0.312 e. The van der Waals surface area contributed by atoms with Gasteiger partial charge in [0.25, 0.3) is 0 Å². The molecule has 0 spiro atoms. The van der Waals surface area contributed by atoms with Gasteiger partial charge in [-0.05, 0) is 44.7 Å². The highest BCUT2D eigenvalue weighted by Crippen LogP contribution is 2.26. The van der Waals surface area contributed by atoms with Crippen LogP contribution in [0.1, 0.15) is 38.1 Å². The van der Waals surface area contributed by atoms with E-state index in [0.717, 1.165) is 31.5 Å². The van der Waals surface area contributed by atoms with Crippen LogP contribution in [0.4, 0.5) is 0 Å². The summed E-state index contributed by atoms with van der Waals surface area (Å²) in [7, 11) is 0. The van der Waals surface area contributed by atoms with Crippen LogP contribution < -0.4 is 5.32 Å². The maximum atomic E-state index is 4.65. The van der Waals surface area contributed by atoms with Gasteiger partial charge in [-0.15, -0.1) is 0 Å². The van der Waals surface area contributed by atoms with E-state index in [9.17, 15) is 0 Å². The third-order valence-electron chi connectivity index (χ3n) is 4.64. The van der Waals surface area contributed by atoms with Crippen molar-refractivity contribution in [2.24, 2.45) is 5.92 Å². The molecular formula is C15H26N4. The Bertz CT molecular complexity index is 412. The topological polar surface area (TPSA) is 33.1 Å². The molecule has 2 aliphatic rings. The van der Waals surface area contributed by atoms with Gasteiger partial charge in [-0.25, -0.2) is 0 Å². The molecule has 0 amide bonds. The highest BCUT2D eigenvalue weighted by molar-refractivity contribution is 5.11. The summed E-state index contributed by atoms with van der Waals surface area (Å²) in [6.45, 7) is 10.1. The first kappa shape index (κ1) is 13.1. The average Bonchev–Trinajstić information content (AvgIpc) is 3.01. The van der Waals surface area contributed by atoms with Crippen LogP contribution in [-0.2, 0) is 19.5 Å². The summed E-state index contributed by atoms with van der Waals surface area (Å²) in [6, 6.07) is 3.02. The summed E-state index contributed by atoms with van der Waals surface area (Å²) in [5.74, 6) is 0.873. The van der Waals surface area contributed by atoms with Crippen molar-refractivity contribution in [3.05, 3.63) is 17.5 Å². The normalized spacial score (nSPS) is 27.7. The van der Waals surface area contributed by atoms with Crippen LogP contribution in [0.25, 0.3) is 0 Å². The molecular weight excluding hydrogens is 236 g/mol. The zero-order chi connectivity index (χ0) is 13.2. The summed E-state index contributed by atoms with van der Waals surface area (Å²) in [6.07, 6.45) is 3.79. The molecule has 1 aromatic rings. The fraction of sp³-hybridized carbons (Fsp3) is 0.800. The van der Waals surface area contributed by atoms with Crippen LogP contribution in [0, 0.1) is 5.92 Å². The van der Waals surface area contributed by atoms with E-state index in [1.54, 1.807) is 0 Å². The summed E-state index contributed by atoms with van der Waals surface area (Å²) in [5.41, 5.74) is 2.62. The first-order valence-electron chi connectivity index (χ1n) is 7.81. The van der Waals surface area contributed by atoms with E-state index in [2.05, 4.69) is 39.9 Å².